The summed E-state index contributed by atoms with van der Waals surface area (Å²) < 4.78 is 39.2. The van der Waals surface area contributed by atoms with E-state index in [1.54, 1.807) is 7.05 Å². The van der Waals surface area contributed by atoms with Crippen LogP contribution in [0.5, 0.6) is 0 Å². The molecule has 14 nitrogen and oxygen atoms in total. The highest BCUT2D eigenvalue weighted by atomic mass is 32.2. The van der Waals surface area contributed by atoms with Crippen LogP contribution in [0.1, 0.15) is 25.7 Å². The van der Waals surface area contributed by atoms with Gasteiger partial charge in [-0.2, -0.15) is 0 Å². The van der Waals surface area contributed by atoms with Crippen LogP contribution < -0.4 is 4.72 Å². The third-order valence-corrected chi connectivity index (χ3v) is 7.35. The predicted octanol–water partition coefficient (Wildman–Crippen LogP) is -1.68. The molecule has 3 atom stereocenters. The zero-order valence-electron chi connectivity index (χ0n) is 19.5. The fourth-order valence-corrected chi connectivity index (χ4v) is 5.59. The number of amides is 2. The molecular weight excluding hydrogens is 486 g/mol. The minimum atomic E-state index is -3.97. The number of carbonyl (C=O) groups excluding carboxylic acids is 3. The maximum Gasteiger partial charge on any atom is 0.329 e. The van der Waals surface area contributed by atoms with Crippen molar-refractivity contribution in [2.24, 2.45) is 7.05 Å². The lowest BCUT2D eigenvalue weighted by Crippen LogP contribution is -2.59. The van der Waals surface area contributed by atoms with Crippen molar-refractivity contribution in [1.82, 2.24) is 24.1 Å². The minimum Gasteiger partial charge on any atom is -0.480 e. The van der Waals surface area contributed by atoms with E-state index in [1.165, 1.54) is 34.0 Å². The van der Waals surface area contributed by atoms with Gasteiger partial charge in [-0.05, 0) is 25.7 Å². The van der Waals surface area contributed by atoms with E-state index >= 15 is 0 Å². The van der Waals surface area contributed by atoms with E-state index in [0.717, 1.165) is 0 Å². The van der Waals surface area contributed by atoms with Crippen LogP contribution in [0.3, 0.4) is 0 Å². The molecular formula is C20H29N5O9S. The fraction of sp³-hybridized carbons (Fsp3) is 0.650. The SMILES string of the molecule is COC(=O)[C@H]1CCCN1C(=O)[C@@H]1C[C@@H](NS(=O)(=O)c2cn(C)cn2)CCN1C(=O)COCC(=O)O. The van der Waals surface area contributed by atoms with Gasteiger partial charge in [0.05, 0.1) is 13.4 Å². The minimum absolute atomic E-state index is 0.0256. The van der Waals surface area contributed by atoms with E-state index in [1.807, 2.05) is 0 Å². The highest BCUT2D eigenvalue weighted by molar-refractivity contribution is 7.89. The molecule has 2 aliphatic rings. The highest BCUT2D eigenvalue weighted by Gasteiger charge is 2.44. The van der Waals surface area contributed by atoms with Crippen molar-refractivity contribution in [3.63, 3.8) is 0 Å². The van der Waals surface area contributed by atoms with E-state index in [4.69, 9.17) is 14.6 Å². The topological polar surface area (TPSA) is 177 Å². The number of carbonyl (C=O) groups is 4. The van der Waals surface area contributed by atoms with Gasteiger partial charge in [0, 0.05) is 32.4 Å². The van der Waals surface area contributed by atoms with Gasteiger partial charge in [0.2, 0.25) is 11.8 Å². The summed E-state index contributed by atoms with van der Waals surface area (Å²) in [4.78, 5) is 55.6. The number of carboxylic acid groups (broad SMARTS) is 1. The summed E-state index contributed by atoms with van der Waals surface area (Å²) in [5, 5.41) is 8.56. The maximum absolute atomic E-state index is 13.5. The van der Waals surface area contributed by atoms with E-state index in [0.29, 0.717) is 12.8 Å². The second-order valence-electron chi connectivity index (χ2n) is 8.42. The van der Waals surface area contributed by atoms with Gasteiger partial charge in [-0.1, -0.05) is 0 Å². The standard InChI is InChI=1S/C20H29N5O9S/c1-23-9-16(21-12-23)35(31,32)22-13-5-7-24(17(26)10-34-11-18(27)28)15(8-13)19(29)25-6-3-4-14(25)20(30)33-2/h9,12-15,22H,3-8,10-11H2,1-2H3,(H,27,28)/t13-,14+,15-/m0/s1. The van der Waals surface area contributed by atoms with Gasteiger partial charge in [-0.3, -0.25) is 9.59 Å². The van der Waals surface area contributed by atoms with Crippen LogP contribution in [-0.2, 0) is 45.7 Å². The Balaban J connectivity index is 1.79. The number of nitrogens with zero attached hydrogens (tertiary/aromatic N) is 4. The second-order valence-corrected chi connectivity index (χ2v) is 10.1. The number of aliphatic carboxylic acids is 1. The van der Waals surface area contributed by atoms with Crippen molar-refractivity contribution in [3.8, 4) is 0 Å². The van der Waals surface area contributed by atoms with Crippen molar-refractivity contribution < 1.29 is 42.2 Å². The number of imidazole rings is 1. The molecule has 2 aliphatic heterocycles. The molecule has 35 heavy (non-hydrogen) atoms. The van der Waals surface area contributed by atoms with Crippen LogP contribution in [0, 0.1) is 0 Å². The summed E-state index contributed by atoms with van der Waals surface area (Å²) >= 11 is 0. The van der Waals surface area contributed by atoms with Gasteiger partial charge in [0.1, 0.15) is 25.3 Å². The quantitative estimate of drug-likeness (QED) is 0.361. The Morgan fingerprint density at radius 1 is 1.14 bits per heavy atom. The molecule has 0 unspecified atom stereocenters. The van der Waals surface area contributed by atoms with Crippen molar-refractivity contribution in [1.29, 1.82) is 0 Å². The number of esters is 1. The predicted molar refractivity (Wildman–Crippen MR) is 117 cm³/mol. The Morgan fingerprint density at radius 3 is 2.51 bits per heavy atom. The number of aromatic nitrogens is 2. The molecule has 0 aliphatic carbocycles. The number of nitrogens with one attached hydrogen (secondary N) is 1. The van der Waals surface area contributed by atoms with E-state index in [2.05, 4.69) is 9.71 Å². The molecule has 0 bridgehead atoms. The summed E-state index contributed by atoms with van der Waals surface area (Å²) in [6.45, 7) is -0.920. The number of ether oxygens (including phenoxy) is 2. The molecule has 1 aromatic heterocycles. The Bertz CT molecular complexity index is 1070. The first-order chi connectivity index (χ1) is 16.5. The van der Waals surface area contributed by atoms with Crippen LogP contribution >= 0.6 is 0 Å². The molecule has 1 aromatic rings. The molecule has 0 saturated carbocycles. The number of sulfonamides is 1. The molecule has 194 valence electrons. The molecule has 0 radical (unpaired) electrons. The monoisotopic (exact) mass is 515 g/mol. The number of aryl methyl sites for hydroxylation is 1. The molecule has 3 heterocycles. The average Bonchev–Trinajstić information content (AvgIpc) is 3.47. The van der Waals surface area contributed by atoms with Crippen LogP contribution in [0.4, 0.5) is 0 Å². The van der Waals surface area contributed by atoms with Crippen LogP contribution in [-0.4, -0.2) is 108 Å². The second kappa shape index (κ2) is 11.1. The lowest BCUT2D eigenvalue weighted by atomic mass is 9.96. The number of carboxylic acids is 1. The first-order valence-electron chi connectivity index (χ1n) is 11.0. The smallest absolute Gasteiger partial charge is 0.329 e. The number of hydrogen-bond donors (Lipinski definition) is 2. The number of rotatable bonds is 9. The Labute approximate surface area is 202 Å². The van der Waals surface area contributed by atoms with Gasteiger partial charge in [-0.15, -0.1) is 0 Å². The number of piperidine rings is 1. The van der Waals surface area contributed by atoms with Gasteiger partial charge in [-0.25, -0.2) is 27.7 Å². The van der Waals surface area contributed by atoms with Crippen LogP contribution in [0.25, 0.3) is 0 Å². The third kappa shape index (κ3) is 6.35. The summed E-state index contributed by atoms with van der Waals surface area (Å²) in [7, 11) is -1.12. The molecule has 2 fully saturated rings. The van der Waals surface area contributed by atoms with Gasteiger partial charge in [0.15, 0.2) is 5.03 Å². The Morgan fingerprint density at radius 2 is 1.89 bits per heavy atom. The third-order valence-electron chi connectivity index (χ3n) is 5.95. The van der Waals surface area contributed by atoms with Crippen molar-refractivity contribution >= 4 is 33.8 Å². The molecule has 2 N–H and O–H groups in total. The van der Waals surface area contributed by atoms with Gasteiger partial charge >= 0.3 is 11.9 Å². The molecule has 0 aromatic carbocycles. The largest absolute Gasteiger partial charge is 0.480 e. The van der Waals surface area contributed by atoms with E-state index in [-0.39, 0.29) is 31.0 Å². The fourth-order valence-electron chi connectivity index (χ4n) is 4.32. The average molecular weight is 516 g/mol. The Hall–Kier alpha value is -3.04. The van der Waals surface area contributed by atoms with Crippen LogP contribution in [0.15, 0.2) is 17.6 Å². The molecule has 0 spiro atoms. The van der Waals surface area contributed by atoms with Gasteiger partial charge < -0.3 is 28.9 Å². The van der Waals surface area contributed by atoms with E-state index in [9.17, 15) is 27.6 Å². The maximum atomic E-state index is 13.5. The van der Waals surface area contributed by atoms with Crippen molar-refractivity contribution in [3.05, 3.63) is 12.5 Å². The first-order valence-corrected chi connectivity index (χ1v) is 12.5. The summed E-state index contributed by atoms with van der Waals surface area (Å²) in [6, 6.07) is -2.55. The number of likely N-dealkylation sites (tertiary alicyclic amines) is 2. The number of hydrogen-bond acceptors (Lipinski definition) is 9. The Kier molecular flexibility index (Phi) is 8.45. The first kappa shape index (κ1) is 26.6. The van der Waals surface area contributed by atoms with E-state index < -0.39 is 65.1 Å². The number of methoxy groups -OCH3 is 1. The molecule has 2 saturated heterocycles. The zero-order valence-corrected chi connectivity index (χ0v) is 20.3. The van der Waals surface area contributed by atoms with Crippen molar-refractivity contribution in [2.75, 3.05) is 33.4 Å². The summed E-state index contributed by atoms with van der Waals surface area (Å²) in [6.07, 6.45) is 3.84. The molecule has 2 amide bonds. The lowest BCUT2D eigenvalue weighted by molar-refractivity contribution is -0.157. The summed E-state index contributed by atoms with van der Waals surface area (Å²) in [5.74, 6) is -2.93. The normalized spacial score (nSPS) is 22.7. The van der Waals surface area contributed by atoms with Crippen molar-refractivity contribution in [2.45, 2.75) is 48.8 Å². The van der Waals surface area contributed by atoms with Gasteiger partial charge in [0.25, 0.3) is 10.0 Å². The summed E-state index contributed by atoms with van der Waals surface area (Å²) in [5.41, 5.74) is 0. The lowest BCUT2D eigenvalue weighted by Gasteiger charge is -2.40. The zero-order chi connectivity index (χ0) is 25.8. The highest BCUT2D eigenvalue weighted by Crippen LogP contribution is 2.26. The molecule has 15 heteroatoms. The molecule has 3 rings (SSSR count). The van der Waals surface area contributed by atoms with Crippen LogP contribution in [0.2, 0.25) is 0 Å².